The molecule has 0 fully saturated rings. The van der Waals surface area contributed by atoms with Gasteiger partial charge in [0, 0.05) is 20.1 Å². The summed E-state index contributed by atoms with van der Waals surface area (Å²) in [6, 6.07) is 16.5. The summed E-state index contributed by atoms with van der Waals surface area (Å²) in [7, 11) is 1.70. The Balaban J connectivity index is 1.69. The fourth-order valence-corrected chi connectivity index (χ4v) is 2.66. The van der Waals surface area contributed by atoms with Gasteiger partial charge in [-0.15, -0.1) is 0 Å². The van der Waals surface area contributed by atoms with Gasteiger partial charge in [-0.3, -0.25) is 9.79 Å². The van der Waals surface area contributed by atoms with Crippen molar-refractivity contribution in [2.75, 3.05) is 20.1 Å². The number of hydrogen-bond acceptors (Lipinski definition) is 2. The third-order valence-electron chi connectivity index (χ3n) is 4.16. The smallest absolute Gasteiger partial charge is 0.239 e. The number of carbonyl (C=O) groups excluding carboxylic acids is 1. The zero-order valence-corrected chi connectivity index (χ0v) is 15.8. The Hall–Kier alpha value is -2.82. The first-order valence-corrected chi connectivity index (χ1v) is 8.89. The maximum atomic E-state index is 12.0. The molecular weight excluding hydrogens is 324 g/mol. The minimum Gasteiger partial charge on any atom is -0.354 e. The summed E-state index contributed by atoms with van der Waals surface area (Å²) < 4.78 is 0. The van der Waals surface area contributed by atoms with Gasteiger partial charge in [0.15, 0.2) is 5.96 Å². The van der Waals surface area contributed by atoms with Crippen molar-refractivity contribution in [2.45, 2.75) is 26.8 Å². The minimum absolute atomic E-state index is 0.0459. The molecule has 26 heavy (non-hydrogen) atoms. The number of guanidine groups is 1. The maximum Gasteiger partial charge on any atom is 0.239 e. The molecule has 0 radical (unpaired) electrons. The lowest BCUT2D eigenvalue weighted by Gasteiger charge is -2.13. The Morgan fingerprint density at radius 2 is 1.77 bits per heavy atom. The molecular formula is C21H28N4O. The summed E-state index contributed by atoms with van der Waals surface area (Å²) in [4.78, 5) is 16.1. The zero-order chi connectivity index (χ0) is 18.8. The molecule has 0 aliphatic rings. The van der Waals surface area contributed by atoms with Crippen LogP contribution in [0.3, 0.4) is 0 Å². The van der Waals surface area contributed by atoms with E-state index in [1.165, 1.54) is 22.3 Å². The van der Waals surface area contributed by atoms with Crippen LogP contribution in [0.25, 0.3) is 0 Å². The highest BCUT2D eigenvalue weighted by molar-refractivity contribution is 5.86. The number of rotatable bonds is 7. The van der Waals surface area contributed by atoms with Crippen LogP contribution in [0.15, 0.2) is 53.5 Å². The minimum atomic E-state index is -0.0459. The molecule has 0 saturated carbocycles. The van der Waals surface area contributed by atoms with Crippen LogP contribution in [0, 0.1) is 13.8 Å². The van der Waals surface area contributed by atoms with E-state index in [1.54, 1.807) is 7.05 Å². The molecule has 0 aliphatic heterocycles. The van der Waals surface area contributed by atoms with Gasteiger partial charge < -0.3 is 16.0 Å². The Bertz CT molecular complexity index is 741. The predicted molar refractivity (Wildman–Crippen MR) is 107 cm³/mol. The second-order valence-electron chi connectivity index (χ2n) is 6.29. The van der Waals surface area contributed by atoms with Gasteiger partial charge in [0.25, 0.3) is 0 Å². The molecule has 0 saturated heterocycles. The van der Waals surface area contributed by atoms with Crippen molar-refractivity contribution in [3.05, 3.63) is 70.8 Å². The van der Waals surface area contributed by atoms with E-state index >= 15 is 0 Å². The molecule has 0 bridgehead atoms. The quantitative estimate of drug-likeness (QED) is 0.529. The molecule has 5 heteroatoms. The van der Waals surface area contributed by atoms with Gasteiger partial charge in [0.2, 0.25) is 5.91 Å². The molecule has 2 rings (SSSR count). The fraction of sp³-hybridized carbons (Fsp3) is 0.333. The lowest BCUT2D eigenvalue weighted by Crippen LogP contribution is -2.43. The predicted octanol–water partition coefficient (Wildman–Crippen LogP) is 2.33. The summed E-state index contributed by atoms with van der Waals surface area (Å²) in [6.45, 7) is 5.67. The van der Waals surface area contributed by atoms with Crippen molar-refractivity contribution in [1.82, 2.24) is 16.0 Å². The van der Waals surface area contributed by atoms with Gasteiger partial charge in [-0.05, 0) is 37.0 Å². The highest BCUT2D eigenvalue weighted by atomic mass is 16.1. The Kier molecular flexibility index (Phi) is 7.68. The second kappa shape index (κ2) is 10.2. The maximum absolute atomic E-state index is 12.0. The summed E-state index contributed by atoms with van der Waals surface area (Å²) in [6.07, 6.45) is 0.826. The van der Waals surface area contributed by atoms with E-state index < -0.39 is 0 Å². The van der Waals surface area contributed by atoms with E-state index in [9.17, 15) is 4.79 Å². The number of benzene rings is 2. The van der Waals surface area contributed by atoms with Crippen molar-refractivity contribution in [1.29, 1.82) is 0 Å². The fourth-order valence-electron chi connectivity index (χ4n) is 2.66. The number of amides is 1. The van der Waals surface area contributed by atoms with Crippen LogP contribution in [0.1, 0.15) is 22.3 Å². The summed E-state index contributed by atoms with van der Waals surface area (Å²) >= 11 is 0. The van der Waals surface area contributed by atoms with Crippen molar-refractivity contribution in [2.24, 2.45) is 4.99 Å². The molecule has 2 aromatic carbocycles. The monoisotopic (exact) mass is 352 g/mol. The highest BCUT2D eigenvalue weighted by Crippen LogP contribution is 2.09. The topological polar surface area (TPSA) is 65.5 Å². The number of aryl methyl sites for hydroxylation is 2. The first-order chi connectivity index (χ1) is 12.6. The Morgan fingerprint density at radius 3 is 2.46 bits per heavy atom. The summed E-state index contributed by atoms with van der Waals surface area (Å²) in [5, 5.41) is 9.20. The number of carbonyl (C=O) groups is 1. The largest absolute Gasteiger partial charge is 0.354 e. The first kappa shape index (κ1) is 19.5. The molecule has 2 aromatic rings. The number of nitrogens with one attached hydrogen (secondary N) is 3. The van der Waals surface area contributed by atoms with Gasteiger partial charge in [-0.1, -0.05) is 54.1 Å². The SMILES string of the molecule is CN=C(NCC(=O)NCCc1ccccc1)NCc1ccc(C)cc1C. The Labute approximate surface area is 155 Å². The number of nitrogens with zero attached hydrogens (tertiary/aromatic N) is 1. The van der Waals surface area contributed by atoms with Crippen LogP contribution in [0.2, 0.25) is 0 Å². The van der Waals surface area contributed by atoms with E-state index in [2.05, 4.69) is 65.1 Å². The zero-order valence-electron chi connectivity index (χ0n) is 15.8. The number of hydrogen-bond donors (Lipinski definition) is 3. The van der Waals surface area contributed by atoms with Gasteiger partial charge in [-0.2, -0.15) is 0 Å². The van der Waals surface area contributed by atoms with E-state index in [1.807, 2.05) is 18.2 Å². The molecule has 0 aliphatic carbocycles. The average molecular weight is 352 g/mol. The molecule has 3 N–H and O–H groups in total. The lowest BCUT2D eigenvalue weighted by molar-refractivity contribution is -0.119. The Morgan fingerprint density at radius 1 is 1.00 bits per heavy atom. The normalized spacial score (nSPS) is 11.1. The molecule has 0 atom stereocenters. The highest BCUT2D eigenvalue weighted by Gasteiger charge is 2.04. The third kappa shape index (κ3) is 6.59. The van der Waals surface area contributed by atoms with Gasteiger partial charge in [0.1, 0.15) is 0 Å². The molecule has 0 spiro atoms. The molecule has 0 aromatic heterocycles. The van der Waals surface area contributed by atoms with Crippen LogP contribution in [-0.2, 0) is 17.8 Å². The van der Waals surface area contributed by atoms with Gasteiger partial charge >= 0.3 is 0 Å². The van der Waals surface area contributed by atoms with Gasteiger partial charge in [-0.25, -0.2) is 0 Å². The van der Waals surface area contributed by atoms with Crippen LogP contribution >= 0.6 is 0 Å². The van der Waals surface area contributed by atoms with Crippen LogP contribution in [0.5, 0.6) is 0 Å². The van der Waals surface area contributed by atoms with Crippen molar-refractivity contribution >= 4 is 11.9 Å². The van der Waals surface area contributed by atoms with Crippen molar-refractivity contribution in [3.63, 3.8) is 0 Å². The first-order valence-electron chi connectivity index (χ1n) is 8.89. The van der Waals surface area contributed by atoms with Crippen molar-refractivity contribution in [3.8, 4) is 0 Å². The average Bonchev–Trinajstić information content (AvgIpc) is 2.64. The molecule has 1 amide bonds. The molecule has 0 unspecified atom stereocenters. The van der Waals surface area contributed by atoms with Gasteiger partial charge in [0.05, 0.1) is 6.54 Å². The van der Waals surface area contributed by atoms with E-state index in [4.69, 9.17) is 0 Å². The second-order valence-corrected chi connectivity index (χ2v) is 6.29. The third-order valence-corrected chi connectivity index (χ3v) is 4.16. The molecule has 5 nitrogen and oxygen atoms in total. The lowest BCUT2D eigenvalue weighted by atomic mass is 10.1. The van der Waals surface area contributed by atoms with E-state index in [0.717, 1.165) is 6.42 Å². The summed E-state index contributed by atoms with van der Waals surface area (Å²) in [5.41, 5.74) is 4.92. The van der Waals surface area contributed by atoms with Crippen LogP contribution < -0.4 is 16.0 Å². The molecule has 138 valence electrons. The summed E-state index contributed by atoms with van der Waals surface area (Å²) in [5.74, 6) is 0.568. The van der Waals surface area contributed by atoms with Crippen molar-refractivity contribution < 1.29 is 4.79 Å². The van der Waals surface area contributed by atoms with E-state index in [0.29, 0.717) is 19.0 Å². The van der Waals surface area contributed by atoms with Crippen LogP contribution in [-0.4, -0.2) is 32.0 Å². The van der Waals surface area contributed by atoms with Crippen LogP contribution in [0.4, 0.5) is 0 Å². The molecule has 0 heterocycles. The number of aliphatic imine (C=N–C) groups is 1. The standard InChI is InChI=1S/C21H28N4O/c1-16-9-10-19(17(2)13-16)14-24-21(22-3)25-15-20(26)23-12-11-18-7-5-4-6-8-18/h4-10,13H,11-12,14-15H2,1-3H3,(H,23,26)(H2,22,24,25). The van der Waals surface area contributed by atoms with E-state index in [-0.39, 0.29) is 12.5 Å².